The van der Waals surface area contributed by atoms with Crippen LogP contribution >= 0.6 is 28.3 Å². The molecule has 1 aromatic rings. The van der Waals surface area contributed by atoms with E-state index in [2.05, 4.69) is 45.5 Å². The van der Waals surface area contributed by atoms with Crippen LogP contribution in [0.3, 0.4) is 0 Å². The summed E-state index contributed by atoms with van der Waals surface area (Å²) in [6.45, 7) is 2.10. The van der Waals surface area contributed by atoms with Crippen molar-refractivity contribution in [1.82, 2.24) is 5.32 Å². The van der Waals surface area contributed by atoms with Gasteiger partial charge in [0, 0.05) is 17.6 Å². The van der Waals surface area contributed by atoms with Crippen molar-refractivity contribution in [3.63, 3.8) is 0 Å². The molecule has 1 N–H and O–H groups in total. The van der Waals surface area contributed by atoms with Crippen LogP contribution in [0.2, 0.25) is 0 Å². The second kappa shape index (κ2) is 4.80. The van der Waals surface area contributed by atoms with Gasteiger partial charge in [0.25, 0.3) is 0 Å². The average molecular weight is 261 g/mol. The zero-order valence-electron chi connectivity index (χ0n) is 7.09. The minimum Gasteiger partial charge on any atom is -0.309 e. The average Bonchev–Trinajstić information content (AvgIpc) is 1.97. The Bertz CT molecular complexity index is 316. The molecular weight excluding hydrogens is 249 g/mol. The molecule has 70 valence electrons. The molecule has 0 atom stereocenters. The van der Waals surface area contributed by atoms with Crippen molar-refractivity contribution < 1.29 is 0 Å². The van der Waals surface area contributed by atoms with E-state index in [1.165, 1.54) is 11.1 Å². The van der Waals surface area contributed by atoms with E-state index in [0.29, 0.717) is 0 Å². The van der Waals surface area contributed by atoms with Crippen LogP contribution in [-0.4, -0.2) is 13.1 Å². The second-order valence-electron chi connectivity index (χ2n) is 2.96. The van der Waals surface area contributed by atoms with Gasteiger partial charge in [0.2, 0.25) is 0 Å². The van der Waals surface area contributed by atoms with Gasteiger partial charge in [-0.3, -0.25) is 0 Å². The zero-order valence-corrected chi connectivity index (χ0v) is 9.49. The molecular formula is C10H11BrClN. The summed E-state index contributed by atoms with van der Waals surface area (Å²) in [6, 6.07) is 8.35. The maximum absolute atomic E-state index is 3.45. The Balaban J connectivity index is 0.000000845. The molecule has 1 aliphatic rings. The monoisotopic (exact) mass is 259 g/mol. The topological polar surface area (TPSA) is 12.0 Å². The van der Waals surface area contributed by atoms with Crippen LogP contribution < -0.4 is 5.32 Å². The van der Waals surface area contributed by atoms with E-state index in [1.807, 2.05) is 6.07 Å². The van der Waals surface area contributed by atoms with Crippen molar-refractivity contribution >= 4 is 34.4 Å². The van der Waals surface area contributed by atoms with Gasteiger partial charge in [-0.25, -0.2) is 0 Å². The van der Waals surface area contributed by atoms with Crippen LogP contribution in [-0.2, 0) is 0 Å². The van der Waals surface area contributed by atoms with Crippen LogP contribution in [0.4, 0.5) is 0 Å². The van der Waals surface area contributed by atoms with Crippen molar-refractivity contribution in [2.24, 2.45) is 0 Å². The third kappa shape index (κ3) is 2.83. The summed E-state index contributed by atoms with van der Waals surface area (Å²) >= 11 is 3.45. The molecule has 0 amide bonds. The first kappa shape index (κ1) is 10.8. The molecule has 3 heteroatoms. The van der Waals surface area contributed by atoms with Crippen molar-refractivity contribution in [1.29, 1.82) is 0 Å². The lowest BCUT2D eigenvalue weighted by Crippen LogP contribution is -2.33. The highest BCUT2D eigenvalue weighted by molar-refractivity contribution is 9.10. The smallest absolute Gasteiger partial charge is 0.0183 e. The van der Waals surface area contributed by atoms with Gasteiger partial charge in [0.05, 0.1) is 0 Å². The molecule has 0 saturated carbocycles. The number of benzene rings is 1. The van der Waals surface area contributed by atoms with Crippen LogP contribution in [0.5, 0.6) is 0 Å². The molecule has 1 aliphatic heterocycles. The number of halogens is 2. The molecule has 1 saturated heterocycles. The molecule has 13 heavy (non-hydrogen) atoms. The van der Waals surface area contributed by atoms with Gasteiger partial charge in [-0.2, -0.15) is 0 Å². The Hall–Kier alpha value is -0.310. The van der Waals surface area contributed by atoms with E-state index in [1.54, 1.807) is 0 Å². The molecule has 0 aromatic heterocycles. The molecule has 1 nitrogen and oxygen atoms in total. The highest BCUT2D eigenvalue weighted by Crippen LogP contribution is 2.15. The van der Waals surface area contributed by atoms with Crippen molar-refractivity contribution in [3.05, 3.63) is 39.9 Å². The first-order chi connectivity index (χ1) is 5.84. The lowest BCUT2D eigenvalue weighted by atomic mass is 10.1. The van der Waals surface area contributed by atoms with Gasteiger partial charge in [0.15, 0.2) is 0 Å². The van der Waals surface area contributed by atoms with E-state index >= 15 is 0 Å². The first-order valence-corrected chi connectivity index (χ1v) is 4.79. The summed E-state index contributed by atoms with van der Waals surface area (Å²) in [5.41, 5.74) is 2.76. The lowest BCUT2D eigenvalue weighted by molar-refractivity contribution is 0.675. The molecule has 1 aromatic carbocycles. The van der Waals surface area contributed by atoms with E-state index in [-0.39, 0.29) is 12.4 Å². The molecule has 0 spiro atoms. The lowest BCUT2D eigenvalue weighted by Gasteiger charge is -2.18. The summed E-state index contributed by atoms with van der Waals surface area (Å²) in [5.74, 6) is 0. The summed E-state index contributed by atoms with van der Waals surface area (Å²) < 4.78 is 1.14. The fourth-order valence-corrected chi connectivity index (χ4v) is 1.62. The van der Waals surface area contributed by atoms with E-state index in [4.69, 9.17) is 0 Å². The Morgan fingerprint density at radius 2 is 2.08 bits per heavy atom. The summed E-state index contributed by atoms with van der Waals surface area (Å²) in [4.78, 5) is 0. The minimum absolute atomic E-state index is 0. The summed E-state index contributed by atoms with van der Waals surface area (Å²) in [6.07, 6.45) is 2.24. The van der Waals surface area contributed by atoms with Crippen LogP contribution in [0.25, 0.3) is 6.08 Å². The normalized spacial score (nSPS) is 14.4. The number of nitrogens with one attached hydrogen (secondary N) is 1. The highest BCUT2D eigenvalue weighted by Gasteiger charge is 2.05. The number of rotatable bonds is 1. The fourth-order valence-electron chi connectivity index (χ4n) is 1.20. The molecule has 0 bridgehead atoms. The number of hydrogen-bond donors (Lipinski definition) is 1. The standard InChI is InChI=1S/C10H10BrN.ClH/c11-10-3-1-2-8(5-10)4-9-6-12-7-9;/h1-5,12H,6-7H2;1H. The van der Waals surface area contributed by atoms with Gasteiger partial charge in [-0.15, -0.1) is 12.4 Å². The van der Waals surface area contributed by atoms with Gasteiger partial charge in [-0.1, -0.05) is 34.1 Å². The van der Waals surface area contributed by atoms with Crippen molar-refractivity contribution in [2.45, 2.75) is 0 Å². The minimum atomic E-state index is 0. The third-order valence-corrected chi connectivity index (χ3v) is 2.42. The van der Waals surface area contributed by atoms with Crippen LogP contribution in [0, 0.1) is 0 Å². The maximum atomic E-state index is 3.45. The van der Waals surface area contributed by atoms with Gasteiger partial charge in [-0.05, 0) is 23.3 Å². The zero-order chi connectivity index (χ0) is 8.39. The fraction of sp³-hybridized carbons (Fsp3) is 0.200. The van der Waals surface area contributed by atoms with Crippen LogP contribution in [0.1, 0.15) is 5.56 Å². The molecule has 2 rings (SSSR count). The molecule has 0 radical (unpaired) electrons. The predicted octanol–water partition coefficient (Wildman–Crippen LogP) is 2.86. The molecule has 0 aliphatic carbocycles. The largest absolute Gasteiger partial charge is 0.309 e. The summed E-state index contributed by atoms with van der Waals surface area (Å²) in [5, 5.41) is 3.22. The SMILES string of the molecule is Brc1cccc(C=C2CNC2)c1.Cl. The Kier molecular flexibility index (Phi) is 3.97. The van der Waals surface area contributed by atoms with Crippen molar-refractivity contribution in [3.8, 4) is 0 Å². The first-order valence-electron chi connectivity index (χ1n) is 4.00. The van der Waals surface area contributed by atoms with E-state index in [9.17, 15) is 0 Å². The number of hydrogen-bond acceptors (Lipinski definition) is 1. The Morgan fingerprint density at radius 1 is 1.31 bits per heavy atom. The molecule has 0 unspecified atom stereocenters. The maximum Gasteiger partial charge on any atom is 0.0183 e. The second-order valence-corrected chi connectivity index (χ2v) is 3.88. The Labute approximate surface area is 92.8 Å². The van der Waals surface area contributed by atoms with Crippen LogP contribution in [0.15, 0.2) is 34.3 Å². The van der Waals surface area contributed by atoms with E-state index < -0.39 is 0 Å². The van der Waals surface area contributed by atoms with E-state index in [0.717, 1.165) is 17.6 Å². The quantitative estimate of drug-likeness (QED) is 0.819. The third-order valence-electron chi connectivity index (χ3n) is 1.92. The summed E-state index contributed by atoms with van der Waals surface area (Å²) in [7, 11) is 0. The van der Waals surface area contributed by atoms with Gasteiger partial charge in [0.1, 0.15) is 0 Å². The van der Waals surface area contributed by atoms with Gasteiger partial charge >= 0.3 is 0 Å². The van der Waals surface area contributed by atoms with Gasteiger partial charge < -0.3 is 5.32 Å². The molecule has 1 heterocycles. The predicted molar refractivity (Wildman–Crippen MR) is 62.2 cm³/mol. The van der Waals surface area contributed by atoms with Crippen molar-refractivity contribution in [2.75, 3.05) is 13.1 Å². The molecule has 1 fully saturated rings. The Morgan fingerprint density at radius 3 is 2.62 bits per heavy atom. The highest BCUT2D eigenvalue weighted by atomic mass is 79.9.